The minimum Gasteiger partial charge on any atom is -0.496 e. The van der Waals surface area contributed by atoms with Crippen LogP contribution in [0.25, 0.3) is 0 Å². The van der Waals surface area contributed by atoms with Gasteiger partial charge in [-0.25, -0.2) is 0 Å². The standard InChI is InChI=1S/C14H22N2O2/c1-10-7-12(8-11(2)14(10)18-3)9-16-13(17)5-4-6-15/h7-8H,4-6,9,15H2,1-3H3,(H,16,17). The molecule has 0 aliphatic rings. The summed E-state index contributed by atoms with van der Waals surface area (Å²) in [5.41, 5.74) is 8.63. The van der Waals surface area contributed by atoms with Crippen LogP contribution in [0, 0.1) is 13.8 Å². The Morgan fingerprint density at radius 1 is 1.33 bits per heavy atom. The van der Waals surface area contributed by atoms with Gasteiger partial charge in [-0.05, 0) is 43.5 Å². The zero-order chi connectivity index (χ0) is 13.5. The second kappa shape index (κ2) is 7.01. The third kappa shape index (κ3) is 4.04. The fourth-order valence-corrected chi connectivity index (χ4v) is 2.02. The molecule has 0 aliphatic carbocycles. The average molecular weight is 250 g/mol. The number of aryl methyl sites for hydroxylation is 2. The molecule has 0 fully saturated rings. The van der Waals surface area contributed by atoms with Crippen LogP contribution < -0.4 is 15.8 Å². The molecule has 0 saturated heterocycles. The van der Waals surface area contributed by atoms with E-state index >= 15 is 0 Å². The van der Waals surface area contributed by atoms with Crippen molar-refractivity contribution in [3.05, 3.63) is 28.8 Å². The molecule has 100 valence electrons. The first-order valence-corrected chi connectivity index (χ1v) is 6.19. The first-order valence-electron chi connectivity index (χ1n) is 6.19. The topological polar surface area (TPSA) is 64.3 Å². The predicted molar refractivity (Wildman–Crippen MR) is 72.6 cm³/mol. The number of ether oxygens (including phenoxy) is 1. The normalized spacial score (nSPS) is 10.2. The van der Waals surface area contributed by atoms with Crippen LogP contribution in [0.3, 0.4) is 0 Å². The number of hydrogen-bond donors (Lipinski definition) is 2. The highest BCUT2D eigenvalue weighted by atomic mass is 16.5. The fourth-order valence-electron chi connectivity index (χ4n) is 2.02. The molecule has 1 amide bonds. The number of carbonyl (C=O) groups is 1. The number of benzene rings is 1. The second-order valence-electron chi connectivity index (χ2n) is 4.43. The predicted octanol–water partition coefficient (Wildman–Crippen LogP) is 1.67. The van der Waals surface area contributed by atoms with Gasteiger partial charge >= 0.3 is 0 Å². The van der Waals surface area contributed by atoms with Crippen molar-refractivity contribution >= 4 is 5.91 Å². The van der Waals surface area contributed by atoms with Gasteiger partial charge in [0, 0.05) is 13.0 Å². The molecule has 0 radical (unpaired) electrons. The van der Waals surface area contributed by atoms with E-state index in [2.05, 4.69) is 5.32 Å². The molecule has 4 nitrogen and oxygen atoms in total. The zero-order valence-corrected chi connectivity index (χ0v) is 11.4. The number of methoxy groups -OCH3 is 1. The Morgan fingerprint density at radius 3 is 2.44 bits per heavy atom. The molecule has 0 bridgehead atoms. The van der Waals surface area contributed by atoms with Crippen LogP contribution in [-0.2, 0) is 11.3 Å². The molecule has 0 heterocycles. The Kier molecular flexibility index (Phi) is 5.65. The minimum absolute atomic E-state index is 0.0478. The van der Waals surface area contributed by atoms with Crippen LogP contribution in [0.1, 0.15) is 29.5 Å². The summed E-state index contributed by atoms with van der Waals surface area (Å²) < 4.78 is 5.31. The lowest BCUT2D eigenvalue weighted by molar-refractivity contribution is -0.121. The summed E-state index contributed by atoms with van der Waals surface area (Å²) in [5.74, 6) is 0.958. The molecule has 0 spiro atoms. The summed E-state index contributed by atoms with van der Waals surface area (Å²) in [7, 11) is 1.67. The van der Waals surface area contributed by atoms with Crippen LogP contribution in [-0.4, -0.2) is 19.6 Å². The van der Waals surface area contributed by atoms with Crippen molar-refractivity contribution in [3.8, 4) is 5.75 Å². The molecule has 0 unspecified atom stereocenters. The van der Waals surface area contributed by atoms with Crippen molar-refractivity contribution in [2.45, 2.75) is 33.2 Å². The van der Waals surface area contributed by atoms with Gasteiger partial charge in [-0.2, -0.15) is 0 Å². The fraction of sp³-hybridized carbons (Fsp3) is 0.500. The molecule has 1 rings (SSSR count). The largest absolute Gasteiger partial charge is 0.496 e. The molecule has 1 aromatic rings. The Bertz CT molecular complexity index is 393. The maximum absolute atomic E-state index is 11.5. The molecule has 18 heavy (non-hydrogen) atoms. The van der Waals surface area contributed by atoms with Crippen LogP contribution >= 0.6 is 0 Å². The van der Waals surface area contributed by atoms with Crippen molar-refractivity contribution in [2.24, 2.45) is 5.73 Å². The first-order chi connectivity index (χ1) is 8.58. The van der Waals surface area contributed by atoms with Gasteiger partial charge in [0.2, 0.25) is 5.91 Å². The van der Waals surface area contributed by atoms with Crippen molar-refractivity contribution < 1.29 is 9.53 Å². The average Bonchev–Trinajstić information content (AvgIpc) is 2.33. The summed E-state index contributed by atoms with van der Waals surface area (Å²) in [6.45, 7) is 5.11. The van der Waals surface area contributed by atoms with E-state index in [1.807, 2.05) is 26.0 Å². The van der Waals surface area contributed by atoms with Crippen molar-refractivity contribution in [3.63, 3.8) is 0 Å². The number of amides is 1. The monoisotopic (exact) mass is 250 g/mol. The first kappa shape index (κ1) is 14.5. The van der Waals surface area contributed by atoms with Crippen molar-refractivity contribution in [2.75, 3.05) is 13.7 Å². The SMILES string of the molecule is COc1c(C)cc(CNC(=O)CCCN)cc1C. The van der Waals surface area contributed by atoms with Gasteiger partial charge < -0.3 is 15.8 Å². The number of nitrogens with two attached hydrogens (primary N) is 1. The number of nitrogens with one attached hydrogen (secondary N) is 1. The van der Waals surface area contributed by atoms with Gasteiger partial charge in [0.05, 0.1) is 7.11 Å². The summed E-state index contributed by atoms with van der Waals surface area (Å²) in [6, 6.07) is 4.07. The van der Waals surface area contributed by atoms with E-state index < -0.39 is 0 Å². The Balaban J connectivity index is 2.61. The van der Waals surface area contributed by atoms with E-state index in [1.54, 1.807) is 7.11 Å². The lowest BCUT2D eigenvalue weighted by atomic mass is 10.1. The number of rotatable bonds is 6. The van der Waals surface area contributed by atoms with E-state index in [0.717, 1.165) is 28.9 Å². The van der Waals surface area contributed by atoms with Crippen molar-refractivity contribution in [1.82, 2.24) is 5.32 Å². The molecular weight excluding hydrogens is 228 g/mol. The van der Waals surface area contributed by atoms with Crippen LogP contribution in [0.15, 0.2) is 12.1 Å². The maximum Gasteiger partial charge on any atom is 0.220 e. The zero-order valence-electron chi connectivity index (χ0n) is 11.4. The number of carbonyl (C=O) groups excluding carboxylic acids is 1. The summed E-state index contributed by atoms with van der Waals surface area (Å²) in [6.07, 6.45) is 1.22. The second-order valence-corrected chi connectivity index (χ2v) is 4.43. The Morgan fingerprint density at radius 2 is 1.94 bits per heavy atom. The summed E-state index contributed by atoms with van der Waals surface area (Å²) in [5, 5.41) is 2.89. The summed E-state index contributed by atoms with van der Waals surface area (Å²) >= 11 is 0. The highest BCUT2D eigenvalue weighted by molar-refractivity contribution is 5.75. The van der Waals surface area contributed by atoms with E-state index in [0.29, 0.717) is 19.5 Å². The van der Waals surface area contributed by atoms with Crippen LogP contribution in [0.4, 0.5) is 0 Å². The van der Waals surface area contributed by atoms with E-state index in [-0.39, 0.29) is 5.91 Å². The van der Waals surface area contributed by atoms with Gasteiger partial charge in [-0.1, -0.05) is 12.1 Å². The molecule has 0 atom stereocenters. The van der Waals surface area contributed by atoms with E-state index in [1.165, 1.54) is 0 Å². The maximum atomic E-state index is 11.5. The van der Waals surface area contributed by atoms with Gasteiger partial charge in [0.1, 0.15) is 5.75 Å². The number of hydrogen-bond acceptors (Lipinski definition) is 3. The van der Waals surface area contributed by atoms with Gasteiger partial charge in [0.25, 0.3) is 0 Å². The molecule has 0 aromatic heterocycles. The van der Waals surface area contributed by atoms with Crippen molar-refractivity contribution in [1.29, 1.82) is 0 Å². The molecule has 4 heteroatoms. The molecular formula is C14H22N2O2. The molecule has 3 N–H and O–H groups in total. The third-order valence-electron chi connectivity index (χ3n) is 2.82. The van der Waals surface area contributed by atoms with Gasteiger partial charge in [0.15, 0.2) is 0 Å². The highest BCUT2D eigenvalue weighted by Gasteiger charge is 2.06. The minimum atomic E-state index is 0.0478. The molecule has 0 saturated carbocycles. The Hall–Kier alpha value is -1.55. The third-order valence-corrected chi connectivity index (χ3v) is 2.82. The quantitative estimate of drug-likeness (QED) is 0.807. The molecule has 0 aliphatic heterocycles. The van der Waals surface area contributed by atoms with Gasteiger partial charge in [-0.15, -0.1) is 0 Å². The van der Waals surface area contributed by atoms with E-state index in [4.69, 9.17) is 10.5 Å². The Labute approximate surface area is 109 Å². The molecule has 1 aromatic carbocycles. The van der Waals surface area contributed by atoms with Gasteiger partial charge in [-0.3, -0.25) is 4.79 Å². The lowest BCUT2D eigenvalue weighted by Crippen LogP contribution is -2.23. The van der Waals surface area contributed by atoms with Crippen LogP contribution in [0.5, 0.6) is 5.75 Å². The lowest BCUT2D eigenvalue weighted by Gasteiger charge is -2.12. The smallest absolute Gasteiger partial charge is 0.220 e. The van der Waals surface area contributed by atoms with E-state index in [9.17, 15) is 4.79 Å². The highest BCUT2D eigenvalue weighted by Crippen LogP contribution is 2.24. The summed E-state index contributed by atoms with van der Waals surface area (Å²) in [4.78, 5) is 11.5. The van der Waals surface area contributed by atoms with Crippen LogP contribution in [0.2, 0.25) is 0 Å².